The molecule has 0 spiro atoms. The van der Waals surface area contributed by atoms with Crippen molar-refractivity contribution in [3.8, 4) is 0 Å². The van der Waals surface area contributed by atoms with Gasteiger partial charge in [0.25, 0.3) is 5.91 Å². The number of rotatable bonds is 7. The lowest BCUT2D eigenvalue weighted by atomic mass is 10.1. The maximum absolute atomic E-state index is 12.0. The number of hydrogen-bond donors (Lipinski definition) is 2. The molecule has 0 heterocycles. The van der Waals surface area contributed by atoms with Gasteiger partial charge in [-0.2, -0.15) is 0 Å². The van der Waals surface area contributed by atoms with Gasteiger partial charge in [0.2, 0.25) is 5.91 Å². The number of nitrogens with two attached hydrogens (primary N) is 1. The molecule has 5 nitrogen and oxygen atoms in total. The smallest absolute Gasteiger partial charge is 0.253 e. The Hall–Kier alpha value is -1.88. The van der Waals surface area contributed by atoms with Gasteiger partial charge in [-0.1, -0.05) is 30.7 Å². The number of primary amides is 1. The van der Waals surface area contributed by atoms with Gasteiger partial charge in [0, 0.05) is 12.8 Å². The first-order valence-corrected chi connectivity index (χ1v) is 6.70. The van der Waals surface area contributed by atoms with Crippen LogP contribution in [0.5, 0.6) is 0 Å². The summed E-state index contributed by atoms with van der Waals surface area (Å²) in [5.41, 5.74) is 5.50. The van der Waals surface area contributed by atoms with Crippen LogP contribution in [-0.2, 0) is 9.59 Å². The van der Waals surface area contributed by atoms with Crippen LogP contribution in [0, 0.1) is 0 Å². The fourth-order valence-electron chi connectivity index (χ4n) is 1.65. The number of carbonyl (C=O) groups is 3. The molecule has 0 saturated heterocycles. The Morgan fingerprint density at radius 1 is 1.30 bits per heavy atom. The van der Waals surface area contributed by atoms with Crippen molar-refractivity contribution in [2.24, 2.45) is 5.73 Å². The predicted molar refractivity (Wildman–Crippen MR) is 76.4 cm³/mol. The Bertz CT molecular complexity index is 517. The number of nitrogens with one attached hydrogen (secondary N) is 1. The van der Waals surface area contributed by atoms with Gasteiger partial charge in [-0.3, -0.25) is 14.4 Å². The minimum Gasteiger partial charge on any atom is -0.368 e. The number of amides is 2. The van der Waals surface area contributed by atoms with Gasteiger partial charge >= 0.3 is 0 Å². The maximum atomic E-state index is 12.0. The standard InChI is InChI=1S/C14H17ClN2O3/c1-2-9(18)7-8-12(13(16)19)17-14(20)10-5-3-4-6-11(10)15/h3-6,12H,2,7-8H2,1H3,(H2,16,19)(H,17,20)/t12-/m0/s1. The first-order valence-electron chi connectivity index (χ1n) is 6.32. The second-order valence-corrected chi connectivity index (χ2v) is 4.75. The number of ketones is 1. The third-order valence-electron chi connectivity index (χ3n) is 2.87. The van der Waals surface area contributed by atoms with Crippen LogP contribution in [0.15, 0.2) is 24.3 Å². The lowest BCUT2D eigenvalue weighted by molar-refractivity contribution is -0.121. The monoisotopic (exact) mass is 296 g/mol. The fourth-order valence-corrected chi connectivity index (χ4v) is 1.87. The fraction of sp³-hybridized carbons (Fsp3) is 0.357. The van der Waals surface area contributed by atoms with Gasteiger partial charge in [0.1, 0.15) is 11.8 Å². The molecule has 0 aromatic heterocycles. The third kappa shape index (κ3) is 4.66. The van der Waals surface area contributed by atoms with Gasteiger partial charge in [-0.25, -0.2) is 0 Å². The highest BCUT2D eigenvalue weighted by Crippen LogP contribution is 2.15. The van der Waals surface area contributed by atoms with Crippen molar-refractivity contribution in [3.05, 3.63) is 34.9 Å². The van der Waals surface area contributed by atoms with E-state index in [1.807, 2.05) is 0 Å². The van der Waals surface area contributed by atoms with Crippen LogP contribution in [0.25, 0.3) is 0 Å². The van der Waals surface area contributed by atoms with E-state index in [2.05, 4.69) is 5.32 Å². The molecule has 0 aliphatic rings. The largest absolute Gasteiger partial charge is 0.368 e. The molecule has 0 bridgehead atoms. The molecule has 0 aliphatic heterocycles. The summed E-state index contributed by atoms with van der Waals surface area (Å²) in [7, 11) is 0. The van der Waals surface area contributed by atoms with Crippen molar-refractivity contribution >= 4 is 29.2 Å². The lowest BCUT2D eigenvalue weighted by Gasteiger charge is -2.15. The maximum Gasteiger partial charge on any atom is 0.253 e. The molecular weight excluding hydrogens is 280 g/mol. The van der Waals surface area contributed by atoms with Crippen LogP contribution >= 0.6 is 11.6 Å². The Balaban J connectivity index is 2.71. The molecule has 2 amide bonds. The molecule has 1 aromatic rings. The topological polar surface area (TPSA) is 89.3 Å². The second kappa shape index (κ2) is 7.65. The van der Waals surface area contributed by atoms with E-state index in [-0.39, 0.29) is 29.2 Å². The highest BCUT2D eigenvalue weighted by atomic mass is 35.5. The quantitative estimate of drug-likeness (QED) is 0.802. The normalized spacial score (nSPS) is 11.7. The van der Waals surface area contributed by atoms with Gasteiger partial charge in [0.05, 0.1) is 10.6 Å². The first-order chi connectivity index (χ1) is 9.45. The molecule has 0 fully saturated rings. The van der Waals surface area contributed by atoms with Gasteiger partial charge in [0.15, 0.2) is 0 Å². The summed E-state index contributed by atoms with van der Waals surface area (Å²) in [4.78, 5) is 34.6. The van der Waals surface area contributed by atoms with Crippen molar-refractivity contribution in [3.63, 3.8) is 0 Å². The Labute approximate surface area is 122 Å². The van der Waals surface area contributed by atoms with E-state index in [0.717, 1.165) is 0 Å². The van der Waals surface area contributed by atoms with E-state index in [1.165, 1.54) is 0 Å². The first kappa shape index (κ1) is 16.2. The van der Waals surface area contributed by atoms with E-state index in [4.69, 9.17) is 17.3 Å². The number of Topliss-reactive ketones (excluding diaryl/α,β-unsaturated/α-hetero) is 1. The minimum atomic E-state index is -0.880. The van der Waals surface area contributed by atoms with Crippen molar-refractivity contribution in [1.82, 2.24) is 5.32 Å². The number of benzene rings is 1. The van der Waals surface area contributed by atoms with Crippen LogP contribution in [0.4, 0.5) is 0 Å². The number of halogens is 1. The summed E-state index contributed by atoms with van der Waals surface area (Å²) in [5, 5.41) is 2.79. The van der Waals surface area contributed by atoms with Gasteiger partial charge in [-0.15, -0.1) is 0 Å². The molecule has 20 heavy (non-hydrogen) atoms. The zero-order valence-electron chi connectivity index (χ0n) is 11.2. The van der Waals surface area contributed by atoms with Crippen LogP contribution in [0.1, 0.15) is 36.5 Å². The Morgan fingerprint density at radius 3 is 2.50 bits per heavy atom. The number of hydrogen-bond acceptors (Lipinski definition) is 3. The van der Waals surface area contributed by atoms with E-state index >= 15 is 0 Å². The van der Waals surface area contributed by atoms with Crippen molar-refractivity contribution in [1.29, 1.82) is 0 Å². The molecule has 3 N–H and O–H groups in total. The summed E-state index contributed by atoms with van der Waals surface area (Å²) in [6.45, 7) is 1.74. The van der Waals surface area contributed by atoms with E-state index in [9.17, 15) is 14.4 Å². The van der Waals surface area contributed by atoms with Crippen LogP contribution in [0.3, 0.4) is 0 Å². The Kier molecular flexibility index (Phi) is 6.18. The van der Waals surface area contributed by atoms with Gasteiger partial charge < -0.3 is 11.1 Å². The highest BCUT2D eigenvalue weighted by Gasteiger charge is 2.20. The molecule has 1 rings (SSSR count). The van der Waals surface area contributed by atoms with Crippen molar-refractivity contribution in [2.75, 3.05) is 0 Å². The molecule has 0 radical (unpaired) electrons. The summed E-state index contributed by atoms with van der Waals surface area (Å²) < 4.78 is 0. The van der Waals surface area contributed by atoms with E-state index in [1.54, 1.807) is 31.2 Å². The summed E-state index contributed by atoms with van der Waals surface area (Å²) >= 11 is 5.90. The molecule has 0 unspecified atom stereocenters. The predicted octanol–water partition coefficient (Wildman–Crippen LogP) is 1.68. The lowest BCUT2D eigenvalue weighted by Crippen LogP contribution is -2.44. The average molecular weight is 297 g/mol. The van der Waals surface area contributed by atoms with Crippen molar-refractivity contribution in [2.45, 2.75) is 32.2 Å². The summed E-state index contributed by atoms with van der Waals surface area (Å²) in [5.74, 6) is -1.14. The summed E-state index contributed by atoms with van der Waals surface area (Å²) in [6, 6.07) is 5.61. The molecule has 1 atom stereocenters. The van der Waals surface area contributed by atoms with E-state index in [0.29, 0.717) is 6.42 Å². The van der Waals surface area contributed by atoms with Crippen LogP contribution in [-0.4, -0.2) is 23.6 Å². The highest BCUT2D eigenvalue weighted by molar-refractivity contribution is 6.33. The Morgan fingerprint density at radius 2 is 1.95 bits per heavy atom. The molecule has 1 aromatic carbocycles. The van der Waals surface area contributed by atoms with Crippen molar-refractivity contribution < 1.29 is 14.4 Å². The molecular formula is C14H17ClN2O3. The summed E-state index contributed by atoms with van der Waals surface area (Å²) in [6.07, 6.45) is 0.787. The van der Waals surface area contributed by atoms with E-state index < -0.39 is 17.9 Å². The third-order valence-corrected chi connectivity index (χ3v) is 3.20. The molecule has 6 heteroatoms. The average Bonchev–Trinajstić information content (AvgIpc) is 2.42. The zero-order chi connectivity index (χ0) is 15.1. The molecule has 108 valence electrons. The number of carbonyl (C=O) groups excluding carboxylic acids is 3. The SMILES string of the molecule is CCC(=O)CC[C@H](NC(=O)c1ccccc1Cl)C(N)=O. The molecule has 0 saturated carbocycles. The second-order valence-electron chi connectivity index (χ2n) is 4.34. The zero-order valence-corrected chi connectivity index (χ0v) is 11.9. The molecule has 0 aliphatic carbocycles. The minimum absolute atomic E-state index is 0.0169. The van der Waals surface area contributed by atoms with Gasteiger partial charge in [-0.05, 0) is 18.6 Å². The van der Waals surface area contributed by atoms with Crippen LogP contribution < -0.4 is 11.1 Å². The van der Waals surface area contributed by atoms with Crippen LogP contribution in [0.2, 0.25) is 5.02 Å².